The lowest BCUT2D eigenvalue weighted by Crippen LogP contribution is -2.49. The Morgan fingerprint density at radius 2 is 2.00 bits per heavy atom. The van der Waals surface area contributed by atoms with E-state index in [1.807, 2.05) is 31.2 Å². The number of nitrogens with zero attached hydrogens (tertiary/aromatic N) is 1. The molecule has 2 amide bonds. The Hall–Kier alpha value is -2.25. The average Bonchev–Trinajstić information content (AvgIpc) is 2.71. The van der Waals surface area contributed by atoms with Gasteiger partial charge in [-0.3, -0.25) is 9.59 Å². The highest BCUT2D eigenvalue weighted by molar-refractivity contribution is 9.10. The molecule has 0 aromatic heterocycles. The quantitative estimate of drug-likeness (QED) is 0.584. The summed E-state index contributed by atoms with van der Waals surface area (Å²) in [5.74, 6) is 0.640. The highest BCUT2D eigenvalue weighted by atomic mass is 79.9. The number of hydrogen-bond donors (Lipinski definition) is 1. The summed E-state index contributed by atoms with van der Waals surface area (Å²) in [4.78, 5) is 26.8. The minimum Gasteiger partial charge on any atom is -0.497 e. The van der Waals surface area contributed by atoms with Gasteiger partial charge >= 0.3 is 0 Å². The van der Waals surface area contributed by atoms with E-state index < -0.39 is 6.04 Å². The van der Waals surface area contributed by atoms with E-state index in [1.54, 1.807) is 32.2 Å². The fraction of sp³-hybridized carbons (Fsp3) is 0.333. The highest BCUT2D eigenvalue weighted by Crippen LogP contribution is 2.28. The van der Waals surface area contributed by atoms with Gasteiger partial charge in [-0.15, -0.1) is 0 Å². The summed E-state index contributed by atoms with van der Waals surface area (Å²) in [6, 6.07) is 11.8. The zero-order chi connectivity index (χ0) is 21.4. The standard InChI is InChI=1S/C21H24BrClN2O4/c1-4-24-21(27)14(2)25(12-15-6-5-7-17(10-15)28-3)20(26)13-29-19-9-8-16(23)11-18(19)22/h5-11,14H,4,12-13H2,1-3H3,(H,24,27)/t14-/m0/s1. The molecule has 0 fully saturated rings. The van der Waals surface area contributed by atoms with Crippen molar-refractivity contribution in [3.8, 4) is 11.5 Å². The number of carbonyl (C=O) groups excluding carboxylic acids is 2. The minimum absolute atomic E-state index is 0.214. The van der Waals surface area contributed by atoms with Crippen LogP contribution in [0.5, 0.6) is 11.5 Å². The zero-order valence-electron chi connectivity index (χ0n) is 16.6. The fourth-order valence-corrected chi connectivity index (χ4v) is 3.48. The van der Waals surface area contributed by atoms with E-state index in [9.17, 15) is 9.59 Å². The van der Waals surface area contributed by atoms with Crippen molar-refractivity contribution >= 4 is 39.3 Å². The van der Waals surface area contributed by atoms with Crippen LogP contribution in [-0.4, -0.2) is 43.0 Å². The van der Waals surface area contributed by atoms with Crippen LogP contribution in [-0.2, 0) is 16.1 Å². The Morgan fingerprint density at radius 3 is 2.66 bits per heavy atom. The molecule has 0 radical (unpaired) electrons. The molecule has 0 aliphatic heterocycles. The molecule has 8 heteroatoms. The van der Waals surface area contributed by atoms with Crippen LogP contribution in [0.25, 0.3) is 0 Å². The molecular formula is C21H24BrClN2O4. The maximum atomic E-state index is 13.0. The Balaban J connectivity index is 2.18. The third-order valence-electron chi connectivity index (χ3n) is 4.25. The topological polar surface area (TPSA) is 67.9 Å². The number of ether oxygens (including phenoxy) is 2. The summed E-state index contributed by atoms with van der Waals surface area (Å²) in [5.41, 5.74) is 0.849. The highest BCUT2D eigenvalue weighted by Gasteiger charge is 2.26. The molecule has 1 atom stereocenters. The Morgan fingerprint density at radius 1 is 1.24 bits per heavy atom. The third-order valence-corrected chi connectivity index (χ3v) is 5.11. The van der Waals surface area contributed by atoms with Gasteiger partial charge in [-0.25, -0.2) is 0 Å². The summed E-state index contributed by atoms with van der Waals surface area (Å²) in [6.45, 7) is 4.05. The van der Waals surface area contributed by atoms with Crippen molar-refractivity contribution in [3.05, 3.63) is 57.5 Å². The van der Waals surface area contributed by atoms with Crippen LogP contribution in [0, 0.1) is 0 Å². The molecule has 0 spiro atoms. The second kappa shape index (κ2) is 11.1. The van der Waals surface area contributed by atoms with Crippen molar-refractivity contribution in [3.63, 3.8) is 0 Å². The molecule has 0 bridgehead atoms. The summed E-state index contributed by atoms with van der Waals surface area (Å²) < 4.78 is 11.5. The molecule has 156 valence electrons. The maximum Gasteiger partial charge on any atom is 0.261 e. The number of nitrogens with one attached hydrogen (secondary N) is 1. The van der Waals surface area contributed by atoms with Crippen molar-refractivity contribution in [1.82, 2.24) is 10.2 Å². The van der Waals surface area contributed by atoms with Gasteiger partial charge in [-0.05, 0) is 65.7 Å². The molecule has 0 aliphatic rings. The summed E-state index contributed by atoms with van der Waals surface area (Å²) >= 11 is 9.30. The van der Waals surface area contributed by atoms with Gasteiger partial charge in [0.25, 0.3) is 5.91 Å². The van der Waals surface area contributed by atoms with Crippen LogP contribution in [0.1, 0.15) is 19.4 Å². The molecule has 0 aliphatic carbocycles. The molecule has 2 aromatic carbocycles. The zero-order valence-corrected chi connectivity index (χ0v) is 18.9. The van der Waals surface area contributed by atoms with E-state index in [1.165, 1.54) is 4.90 Å². The largest absolute Gasteiger partial charge is 0.497 e. The summed E-state index contributed by atoms with van der Waals surface area (Å²) in [5, 5.41) is 3.31. The summed E-state index contributed by atoms with van der Waals surface area (Å²) in [7, 11) is 1.58. The van der Waals surface area contributed by atoms with Crippen molar-refractivity contribution in [2.24, 2.45) is 0 Å². The van der Waals surface area contributed by atoms with Gasteiger partial charge < -0.3 is 19.7 Å². The van der Waals surface area contributed by atoms with Crippen LogP contribution in [0.2, 0.25) is 5.02 Å². The number of carbonyl (C=O) groups is 2. The number of hydrogen-bond acceptors (Lipinski definition) is 4. The number of methoxy groups -OCH3 is 1. The van der Waals surface area contributed by atoms with Crippen LogP contribution in [0.15, 0.2) is 46.9 Å². The number of benzene rings is 2. The van der Waals surface area contributed by atoms with Gasteiger partial charge in [-0.2, -0.15) is 0 Å². The number of halogens is 2. The molecule has 2 aromatic rings. The maximum absolute atomic E-state index is 13.0. The van der Waals surface area contributed by atoms with E-state index in [0.717, 1.165) is 5.56 Å². The molecule has 0 unspecified atom stereocenters. The van der Waals surface area contributed by atoms with Gasteiger partial charge in [0.15, 0.2) is 6.61 Å². The normalized spacial score (nSPS) is 11.5. The first kappa shape index (κ1) is 23.0. The number of rotatable bonds is 9. The number of amides is 2. The predicted molar refractivity (Wildman–Crippen MR) is 116 cm³/mol. The Labute approximate surface area is 184 Å². The molecule has 2 rings (SSSR count). The first-order valence-electron chi connectivity index (χ1n) is 9.13. The van der Waals surface area contributed by atoms with Gasteiger partial charge in [0.2, 0.25) is 5.91 Å². The van der Waals surface area contributed by atoms with Gasteiger partial charge in [-0.1, -0.05) is 23.7 Å². The lowest BCUT2D eigenvalue weighted by Gasteiger charge is -2.28. The van der Waals surface area contributed by atoms with Crippen LogP contribution < -0.4 is 14.8 Å². The lowest BCUT2D eigenvalue weighted by molar-refractivity contribution is -0.142. The van der Waals surface area contributed by atoms with Crippen LogP contribution >= 0.6 is 27.5 Å². The smallest absolute Gasteiger partial charge is 0.261 e. The van der Waals surface area contributed by atoms with E-state index in [4.69, 9.17) is 21.1 Å². The van der Waals surface area contributed by atoms with Crippen LogP contribution in [0.4, 0.5) is 0 Å². The predicted octanol–water partition coefficient (Wildman–Crippen LogP) is 4.04. The van der Waals surface area contributed by atoms with Crippen molar-refractivity contribution < 1.29 is 19.1 Å². The molecule has 0 saturated heterocycles. The van der Waals surface area contributed by atoms with E-state index in [0.29, 0.717) is 27.5 Å². The summed E-state index contributed by atoms with van der Waals surface area (Å²) in [6.07, 6.45) is 0. The SMILES string of the molecule is CCNC(=O)[C@H](C)N(Cc1cccc(OC)c1)C(=O)COc1ccc(Cl)cc1Br. The van der Waals surface area contributed by atoms with Crippen molar-refractivity contribution in [2.45, 2.75) is 26.4 Å². The molecule has 6 nitrogen and oxygen atoms in total. The Kier molecular flexibility index (Phi) is 8.79. The fourth-order valence-electron chi connectivity index (χ4n) is 2.69. The third kappa shape index (κ3) is 6.65. The minimum atomic E-state index is -0.661. The first-order valence-corrected chi connectivity index (χ1v) is 10.3. The van der Waals surface area contributed by atoms with E-state index in [2.05, 4.69) is 21.2 Å². The molecular weight excluding hydrogens is 460 g/mol. The van der Waals surface area contributed by atoms with Crippen LogP contribution in [0.3, 0.4) is 0 Å². The average molecular weight is 484 g/mol. The second-order valence-electron chi connectivity index (χ2n) is 6.31. The molecule has 29 heavy (non-hydrogen) atoms. The Bertz CT molecular complexity index is 862. The van der Waals surface area contributed by atoms with E-state index >= 15 is 0 Å². The lowest BCUT2D eigenvalue weighted by atomic mass is 10.1. The molecule has 0 heterocycles. The monoisotopic (exact) mass is 482 g/mol. The van der Waals surface area contributed by atoms with Gasteiger partial charge in [0.05, 0.1) is 11.6 Å². The van der Waals surface area contributed by atoms with E-state index in [-0.39, 0.29) is 25.0 Å². The molecule has 1 N–H and O–H groups in total. The van der Waals surface area contributed by atoms with Gasteiger partial charge in [0, 0.05) is 18.1 Å². The first-order chi connectivity index (χ1) is 13.8. The van der Waals surface area contributed by atoms with Crippen molar-refractivity contribution in [2.75, 3.05) is 20.3 Å². The van der Waals surface area contributed by atoms with Crippen molar-refractivity contribution in [1.29, 1.82) is 0 Å². The number of likely N-dealkylation sites (N-methyl/N-ethyl adjacent to an activating group) is 1. The second-order valence-corrected chi connectivity index (χ2v) is 7.60. The molecule has 0 saturated carbocycles. The van der Waals surface area contributed by atoms with Gasteiger partial charge in [0.1, 0.15) is 17.5 Å².